The summed E-state index contributed by atoms with van der Waals surface area (Å²) >= 11 is 0. The van der Waals surface area contributed by atoms with Crippen molar-refractivity contribution in [2.45, 2.75) is 135 Å². The van der Waals surface area contributed by atoms with Crippen molar-refractivity contribution in [3.8, 4) is 0 Å². The molecule has 0 saturated heterocycles. The van der Waals surface area contributed by atoms with Gasteiger partial charge < -0.3 is 14.6 Å². The number of hydrogen-bond acceptors (Lipinski definition) is 5. The van der Waals surface area contributed by atoms with E-state index in [1.165, 1.54) is 6.92 Å². The van der Waals surface area contributed by atoms with Gasteiger partial charge in [-0.05, 0) is 75.5 Å². The van der Waals surface area contributed by atoms with Crippen LogP contribution in [0.15, 0.2) is 0 Å². The maximum absolute atomic E-state index is 17.3. The van der Waals surface area contributed by atoms with Gasteiger partial charge in [0.2, 0.25) is 0 Å². The summed E-state index contributed by atoms with van der Waals surface area (Å²) in [5.74, 6) is -0.426. The first-order valence-corrected chi connectivity index (χ1v) is 13.8. The van der Waals surface area contributed by atoms with Crippen LogP contribution in [0.3, 0.4) is 0 Å². The van der Waals surface area contributed by atoms with Crippen molar-refractivity contribution in [2.24, 2.45) is 28.6 Å². The lowest BCUT2D eigenvalue weighted by molar-refractivity contribution is -0.254. The molecule has 9 atom stereocenters. The highest BCUT2D eigenvalue weighted by Gasteiger charge is 2.72. The van der Waals surface area contributed by atoms with E-state index in [0.29, 0.717) is 32.1 Å². The second-order valence-electron chi connectivity index (χ2n) is 12.3. The summed E-state index contributed by atoms with van der Waals surface area (Å²) in [7, 11) is 0. The number of aliphatic hydroxyl groups is 1. The highest BCUT2D eigenvalue weighted by atomic mass is 19.1. The highest BCUT2D eigenvalue weighted by Crippen LogP contribution is 2.69. The van der Waals surface area contributed by atoms with E-state index in [0.717, 1.165) is 51.4 Å². The fraction of sp³-hybridized carbons (Fsp3) is 0.929. The molecule has 0 aromatic heterocycles. The zero-order valence-corrected chi connectivity index (χ0v) is 21.6. The molecule has 0 heterocycles. The first-order valence-electron chi connectivity index (χ1n) is 13.8. The Morgan fingerprint density at radius 1 is 1.00 bits per heavy atom. The smallest absolute Gasteiger partial charge is 0.306 e. The van der Waals surface area contributed by atoms with E-state index in [1.807, 2.05) is 6.92 Å². The molecule has 4 rings (SSSR count). The number of halogens is 1. The van der Waals surface area contributed by atoms with Crippen LogP contribution in [0, 0.1) is 28.6 Å². The minimum absolute atomic E-state index is 0.101. The summed E-state index contributed by atoms with van der Waals surface area (Å²) in [6, 6.07) is 0. The molecule has 0 spiro atoms. The summed E-state index contributed by atoms with van der Waals surface area (Å²) in [6.45, 7) is 7.73. The highest BCUT2D eigenvalue weighted by molar-refractivity contribution is 5.69. The van der Waals surface area contributed by atoms with Gasteiger partial charge in [0, 0.05) is 24.2 Å². The molecule has 34 heavy (non-hydrogen) atoms. The molecule has 4 fully saturated rings. The van der Waals surface area contributed by atoms with Crippen LogP contribution < -0.4 is 0 Å². The Hall–Kier alpha value is -1.17. The van der Waals surface area contributed by atoms with Gasteiger partial charge in [0.15, 0.2) is 0 Å². The molecule has 0 aromatic rings. The van der Waals surface area contributed by atoms with Crippen LogP contribution in [-0.2, 0) is 19.1 Å². The quantitative estimate of drug-likeness (QED) is 0.362. The van der Waals surface area contributed by atoms with E-state index < -0.39 is 17.2 Å². The number of aliphatic hydroxyl groups excluding tert-OH is 1. The fourth-order valence-electron chi connectivity index (χ4n) is 8.62. The van der Waals surface area contributed by atoms with Crippen molar-refractivity contribution in [1.82, 2.24) is 0 Å². The Kier molecular flexibility index (Phi) is 7.40. The van der Waals surface area contributed by atoms with Crippen molar-refractivity contribution >= 4 is 11.9 Å². The number of alkyl halides is 1. The molecule has 0 unspecified atom stereocenters. The van der Waals surface area contributed by atoms with Crippen molar-refractivity contribution in [1.29, 1.82) is 0 Å². The summed E-state index contributed by atoms with van der Waals surface area (Å²) < 4.78 is 28.8. The number of fused-ring (bicyclic) bond motifs is 5. The van der Waals surface area contributed by atoms with Crippen LogP contribution in [0.4, 0.5) is 4.39 Å². The van der Waals surface area contributed by atoms with E-state index in [1.54, 1.807) is 0 Å². The van der Waals surface area contributed by atoms with Crippen molar-refractivity contribution in [3.63, 3.8) is 0 Å². The number of hydrogen-bond donors (Lipinski definition) is 1. The Morgan fingerprint density at radius 2 is 1.74 bits per heavy atom. The number of carbonyl (C=O) groups excluding carboxylic acids is 2. The zero-order chi connectivity index (χ0) is 24.7. The largest absolute Gasteiger partial charge is 0.463 e. The van der Waals surface area contributed by atoms with Gasteiger partial charge in [-0.25, -0.2) is 4.39 Å². The minimum atomic E-state index is -1.65. The summed E-state index contributed by atoms with van der Waals surface area (Å²) in [5, 5.41) is 11.4. The third-order valence-electron chi connectivity index (χ3n) is 10.4. The molecule has 4 aliphatic rings. The lowest BCUT2D eigenvalue weighted by Gasteiger charge is -2.65. The third-order valence-corrected chi connectivity index (χ3v) is 10.4. The number of carbonyl (C=O) groups is 2. The number of ether oxygens (including phenoxy) is 2. The number of unbranched alkanes of at least 4 members (excludes halogenated alkanes) is 3. The van der Waals surface area contributed by atoms with Crippen LogP contribution in [0.25, 0.3) is 0 Å². The van der Waals surface area contributed by atoms with Gasteiger partial charge in [-0.1, -0.05) is 40.0 Å². The SMILES string of the molecule is CCCCCCC(=O)O[C@H]1CC[C@H]2[C@@H]3CC[C@H]4C[C@@H](OC(C)=O)CC[C@]4(C)[C@@]3(F)[C@@H](O)C[C@]12C. The number of esters is 2. The van der Waals surface area contributed by atoms with Crippen molar-refractivity contribution < 1.29 is 28.6 Å². The summed E-state index contributed by atoms with van der Waals surface area (Å²) in [5.41, 5.74) is -2.65. The topological polar surface area (TPSA) is 72.8 Å². The van der Waals surface area contributed by atoms with E-state index in [-0.39, 0.29) is 47.3 Å². The second-order valence-corrected chi connectivity index (χ2v) is 12.3. The average Bonchev–Trinajstić information content (AvgIpc) is 3.08. The van der Waals surface area contributed by atoms with Crippen LogP contribution in [0.1, 0.15) is 111 Å². The van der Waals surface area contributed by atoms with Crippen LogP contribution in [0.2, 0.25) is 0 Å². The molecule has 0 amide bonds. The van der Waals surface area contributed by atoms with E-state index >= 15 is 4.39 Å². The van der Waals surface area contributed by atoms with E-state index in [4.69, 9.17) is 9.47 Å². The molecule has 194 valence electrons. The average molecular weight is 481 g/mol. The Bertz CT molecular complexity index is 772. The zero-order valence-electron chi connectivity index (χ0n) is 21.6. The molecular weight excluding hydrogens is 435 g/mol. The minimum Gasteiger partial charge on any atom is -0.463 e. The van der Waals surface area contributed by atoms with Crippen LogP contribution in [0.5, 0.6) is 0 Å². The first-order chi connectivity index (χ1) is 16.1. The molecule has 4 saturated carbocycles. The van der Waals surface area contributed by atoms with Gasteiger partial charge in [-0.15, -0.1) is 0 Å². The maximum Gasteiger partial charge on any atom is 0.306 e. The molecule has 0 bridgehead atoms. The predicted molar refractivity (Wildman–Crippen MR) is 128 cm³/mol. The van der Waals surface area contributed by atoms with Crippen LogP contribution >= 0.6 is 0 Å². The van der Waals surface area contributed by atoms with Crippen LogP contribution in [-0.4, -0.2) is 41.0 Å². The van der Waals surface area contributed by atoms with Gasteiger partial charge in [-0.2, -0.15) is 0 Å². The fourth-order valence-corrected chi connectivity index (χ4v) is 8.62. The summed E-state index contributed by atoms with van der Waals surface area (Å²) in [6.07, 6.45) is 8.69. The van der Waals surface area contributed by atoms with Gasteiger partial charge >= 0.3 is 11.9 Å². The Labute approximate surface area is 204 Å². The van der Waals surface area contributed by atoms with Gasteiger partial charge in [0.05, 0.1) is 6.10 Å². The van der Waals surface area contributed by atoms with E-state index in [2.05, 4.69) is 13.8 Å². The Morgan fingerprint density at radius 3 is 2.44 bits per heavy atom. The van der Waals surface area contributed by atoms with Crippen molar-refractivity contribution in [3.05, 3.63) is 0 Å². The lowest BCUT2D eigenvalue weighted by Crippen LogP contribution is -2.69. The molecule has 0 radical (unpaired) electrons. The molecule has 0 aromatic carbocycles. The van der Waals surface area contributed by atoms with Gasteiger partial charge in [0.25, 0.3) is 0 Å². The summed E-state index contributed by atoms with van der Waals surface area (Å²) in [4.78, 5) is 24.0. The lowest BCUT2D eigenvalue weighted by atomic mass is 9.42. The Balaban J connectivity index is 1.48. The van der Waals surface area contributed by atoms with Gasteiger partial charge in [-0.3, -0.25) is 9.59 Å². The standard InChI is InChI=1S/C28H45FO5/c1-5-6-7-8-9-25(32)34-24-13-12-21-22-11-10-19-16-20(33-18(2)30)14-15-27(19,4)28(22,29)23(31)17-26(21,24)3/h19-24,31H,5-17H2,1-4H3/t19-,20-,21-,22-,23-,24-,26-,27-,28-/m0/s1. The second kappa shape index (κ2) is 9.71. The molecule has 4 aliphatic carbocycles. The molecule has 1 N–H and O–H groups in total. The third kappa shape index (κ3) is 4.20. The molecule has 6 heteroatoms. The first kappa shape index (κ1) is 25.9. The molecule has 0 aliphatic heterocycles. The predicted octanol–water partition coefficient (Wildman–Crippen LogP) is 5.91. The molecule has 5 nitrogen and oxygen atoms in total. The van der Waals surface area contributed by atoms with E-state index in [9.17, 15) is 14.7 Å². The van der Waals surface area contributed by atoms with Crippen molar-refractivity contribution in [2.75, 3.05) is 0 Å². The maximum atomic E-state index is 17.3. The molecular formula is C28H45FO5. The normalized spacial score (nSPS) is 45.6. The van der Waals surface area contributed by atoms with Gasteiger partial charge in [0.1, 0.15) is 17.9 Å². The number of rotatable bonds is 7. The monoisotopic (exact) mass is 480 g/mol.